The van der Waals surface area contributed by atoms with Gasteiger partial charge in [-0.15, -0.1) is 0 Å². The molecule has 180 valence electrons. The van der Waals surface area contributed by atoms with E-state index in [1.54, 1.807) is 24.3 Å². The summed E-state index contributed by atoms with van der Waals surface area (Å²) in [6.45, 7) is 2.11. The van der Waals surface area contributed by atoms with E-state index in [2.05, 4.69) is 5.32 Å². The van der Waals surface area contributed by atoms with Gasteiger partial charge in [-0.3, -0.25) is 4.79 Å². The fourth-order valence-corrected chi connectivity index (χ4v) is 4.36. The van der Waals surface area contributed by atoms with Crippen molar-refractivity contribution in [3.8, 4) is 17.6 Å². The molecule has 0 fully saturated rings. The first-order valence-electron chi connectivity index (χ1n) is 11.1. The third-order valence-corrected chi connectivity index (χ3v) is 6.24. The summed E-state index contributed by atoms with van der Waals surface area (Å²) in [6.07, 6.45) is 1.43. The van der Waals surface area contributed by atoms with Gasteiger partial charge in [0.15, 0.2) is 11.5 Å². The molecule has 0 saturated carbocycles. The zero-order valence-electron chi connectivity index (χ0n) is 19.6. The number of methoxy groups -OCH3 is 1. The number of nitriles is 1. The van der Waals surface area contributed by atoms with E-state index in [1.165, 1.54) is 13.2 Å². The topological polar surface area (TPSA) is 71.3 Å². The number of carbonyl (C=O) groups excluding carboxylic acids is 1. The maximum Gasteiger partial charge on any atom is 0.266 e. The Morgan fingerprint density at radius 1 is 1.03 bits per heavy atom. The molecule has 5 nitrogen and oxygen atoms in total. The average molecular weight is 517 g/mol. The SMILES string of the molecule is COc1cc(/C=C(\C#N)C(=O)Nc2c(C)cccc2Cl)cc(Cl)c1OCc1cccc2ccccc12. The van der Waals surface area contributed by atoms with Crippen molar-refractivity contribution >= 4 is 51.6 Å². The molecule has 0 unspecified atom stereocenters. The highest BCUT2D eigenvalue weighted by Crippen LogP contribution is 2.38. The molecule has 0 aliphatic heterocycles. The van der Waals surface area contributed by atoms with Crippen molar-refractivity contribution < 1.29 is 14.3 Å². The number of fused-ring (bicyclic) bond motifs is 1. The molecule has 0 bridgehead atoms. The number of benzene rings is 4. The first kappa shape index (κ1) is 25.1. The van der Waals surface area contributed by atoms with Crippen LogP contribution in [0.15, 0.2) is 78.4 Å². The molecule has 0 atom stereocenters. The molecule has 0 aliphatic rings. The monoisotopic (exact) mass is 516 g/mol. The summed E-state index contributed by atoms with van der Waals surface area (Å²) in [5, 5.41) is 15.2. The number of halogens is 2. The van der Waals surface area contributed by atoms with Crippen molar-refractivity contribution in [1.29, 1.82) is 5.26 Å². The fourth-order valence-electron chi connectivity index (χ4n) is 3.82. The van der Waals surface area contributed by atoms with Gasteiger partial charge < -0.3 is 14.8 Å². The Kier molecular flexibility index (Phi) is 7.80. The summed E-state index contributed by atoms with van der Waals surface area (Å²) in [7, 11) is 1.50. The largest absolute Gasteiger partial charge is 0.493 e. The standard InChI is InChI=1S/C29H22Cl2N2O3/c1-18-7-5-12-24(30)27(18)33-29(34)22(16-32)13-19-14-25(31)28(26(15-19)35-2)36-17-21-10-6-9-20-8-3-4-11-23(20)21/h3-15H,17H2,1-2H3,(H,33,34)/b22-13+. The molecule has 4 rings (SSSR count). The molecule has 0 aliphatic carbocycles. The predicted octanol–water partition coefficient (Wildman–Crippen LogP) is 7.59. The normalized spacial score (nSPS) is 11.1. The molecule has 1 amide bonds. The number of amides is 1. The predicted molar refractivity (Wildman–Crippen MR) is 145 cm³/mol. The molecular formula is C29H22Cl2N2O3. The van der Waals surface area contributed by atoms with Crippen molar-refractivity contribution in [1.82, 2.24) is 0 Å². The Labute approximate surface area is 219 Å². The van der Waals surface area contributed by atoms with E-state index in [4.69, 9.17) is 32.7 Å². The van der Waals surface area contributed by atoms with E-state index in [-0.39, 0.29) is 12.2 Å². The minimum absolute atomic E-state index is 0.114. The Balaban J connectivity index is 1.59. The zero-order valence-corrected chi connectivity index (χ0v) is 21.2. The minimum atomic E-state index is -0.583. The van der Waals surface area contributed by atoms with Crippen LogP contribution in [-0.2, 0) is 11.4 Å². The number of nitrogens with one attached hydrogen (secondary N) is 1. The number of ether oxygens (including phenoxy) is 2. The lowest BCUT2D eigenvalue weighted by atomic mass is 10.1. The van der Waals surface area contributed by atoms with Crippen LogP contribution in [0.5, 0.6) is 11.5 Å². The number of hydrogen-bond acceptors (Lipinski definition) is 4. The van der Waals surface area contributed by atoms with Gasteiger partial charge in [-0.1, -0.05) is 77.8 Å². The van der Waals surface area contributed by atoms with Crippen molar-refractivity contribution in [3.05, 3.63) is 105 Å². The van der Waals surface area contributed by atoms with Gasteiger partial charge in [-0.25, -0.2) is 0 Å². The molecule has 7 heteroatoms. The second kappa shape index (κ2) is 11.2. The molecule has 0 heterocycles. The maximum absolute atomic E-state index is 12.8. The van der Waals surface area contributed by atoms with Crippen LogP contribution in [0.1, 0.15) is 16.7 Å². The van der Waals surface area contributed by atoms with Crippen molar-refractivity contribution in [2.75, 3.05) is 12.4 Å². The Hall–Kier alpha value is -3.98. The van der Waals surface area contributed by atoms with Gasteiger partial charge in [-0.05, 0) is 58.7 Å². The third-order valence-electron chi connectivity index (χ3n) is 5.64. The fraction of sp³-hybridized carbons (Fsp3) is 0.103. The van der Waals surface area contributed by atoms with Crippen LogP contribution in [0.2, 0.25) is 10.0 Å². The lowest BCUT2D eigenvalue weighted by molar-refractivity contribution is -0.112. The van der Waals surface area contributed by atoms with Crippen LogP contribution in [0.25, 0.3) is 16.8 Å². The highest BCUT2D eigenvalue weighted by molar-refractivity contribution is 6.34. The van der Waals surface area contributed by atoms with E-state index in [0.29, 0.717) is 32.8 Å². The Bertz CT molecular complexity index is 1500. The van der Waals surface area contributed by atoms with Crippen LogP contribution >= 0.6 is 23.2 Å². The molecule has 0 spiro atoms. The number of hydrogen-bond donors (Lipinski definition) is 1. The number of rotatable bonds is 7. The molecule has 1 N–H and O–H groups in total. The summed E-state index contributed by atoms with van der Waals surface area (Å²) >= 11 is 12.7. The maximum atomic E-state index is 12.8. The quantitative estimate of drug-likeness (QED) is 0.203. The molecule has 4 aromatic rings. The zero-order chi connectivity index (χ0) is 25.7. The van der Waals surface area contributed by atoms with E-state index in [1.807, 2.05) is 61.5 Å². The summed E-state index contributed by atoms with van der Waals surface area (Å²) in [5.41, 5.74) is 2.64. The van der Waals surface area contributed by atoms with Crippen LogP contribution in [0, 0.1) is 18.3 Å². The van der Waals surface area contributed by atoms with E-state index in [0.717, 1.165) is 21.9 Å². The molecular weight excluding hydrogens is 495 g/mol. The van der Waals surface area contributed by atoms with Crippen LogP contribution in [-0.4, -0.2) is 13.0 Å². The molecule has 0 aromatic heterocycles. The first-order valence-corrected chi connectivity index (χ1v) is 11.8. The number of carbonyl (C=O) groups is 1. The van der Waals surface area contributed by atoms with E-state index >= 15 is 0 Å². The molecule has 4 aromatic carbocycles. The minimum Gasteiger partial charge on any atom is -0.493 e. The number of anilines is 1. The molecule has 36 heavy (non-hydrogen) atoms. The third kappa shape index (κ3) is 5.46. The molecule has 0 saturated heterocycles. The molecule has 0 radical (unpaired) electrons. The highest BCUT2D eigenvalue weighted by Gasteiger charge is 2.16. The summed E-state index contributed by atoms with van der Waals surface area (Å²) in [4.78, 5) is 12.8. The van der Waals surface area contributed by atoms with Gasteiger partial charge in [0.25, 0.3) is 5.91 Å². The van der Waals surface area contributed by atoms with Crippen molar-refractivity contribution in [2.45, 2.75) is 13.5 Å². The first-order chi connectivity index (χ1) is 17.4. The van der Waals surface area contributed by atoms with Crippen molar-refractivity contribution in [2.24, 2.45) is 0 Å². The van der Waals surface area contributed by atoms with Gasteiger partial charge in [0.2, 0.25) is 0 Å². The summed E-state index contributed by atoms with van der Waals surface area (Å²) in [6, 6.07) is 24.6. The Morgan fingerprint density at radius 3 is 2.53 bits per heavy atom. The lowest BCUT2D eigenvalue weighted by Crippen LogP contribution is -2.14. The van der Waals surface area contributed by atoms with Crippen LogP contribution < -0.4 is 14.8 Å². The van der Waals surface area contributed by atoms with Gasteiger partial charge in [0, 0.05) is 0 Å². The van der Waals surface area contributed by atoms with Crippen LogP contribution in [0.3, 0.4) is 0 Å². The number of nitrogens with zero attached hydrogens (tertiary/aromatic N) is 1. The van der Waals surface area contributed by atoms with Gasteiger partial charge in [-0.2, -0.15) is 5.26 Å². The highest BCUT2D eigenvalue weighted by atomic mass is 35.5. The van der Waals surface area contributed by atoms with Gasteiger partial charge in [0.1, 0.15) is 18.2 Å². The lowest BCUT2D eigenvalue weighted by Gasteiger charge is -2.15. The Morgan fingerprint density at radius 2 is 1.78 bits per heavy atom. The summed E-state index contributed by atoms with van der Waals surface area (Å²) in [5.74, 6) is 0.174. The van der Waals surface area contributed by atoms with Gasteiger partial charge in [0.05, 0.1) is 22.8 Å². The van der Waals surface area contributed by atoms with E-state index in [9.17, 15) is 10.1 Å². The van der Waals surface area contributed by atoms with Crippen molar-refractivity contribution in [3.63, 3.8) is 0 Å². The second-order valence-electron chi connectivity index (χ2n) is 8.02. The van der Waals surface area contributed by atoms with E-state index < -0.39 is 5.91 Å². The number of para-hydroxylation sites is 1. The smallest absolute Gasteiger partial charge is 0.266 e. The second-order valence-corrected chi connectivity index (χ2v) is 8.83. The number of aryl methyl sites for hydroxylation is 1. The summed E-state index contributed by atoms with van der Waals surface area (Å²) < 4.78 is 11.6. The van der Waals surface area contributed by atoms with Gasteiger partial charge >= 0.3 is 0 Å². The average Bonchev–Trinajstić information content (AvgIpc) is 2.88. The van der Waals surface area contributed by atoms with Crippen LogP contribution in [0.4, 0.5) is 5.69 Å².